The highest BCUT2D eigenvalue weighted by Gasteiger charge is 2.23. The summed E-state index contributed by atoms with van der Waals surface area (Å²) in [6.45, 7) is 6.68. The molecule has 6 nitrogen and oxygen atoms in total. The first kappa shape index (κ1) is 18.9. The fourth-order valence-electron chi connectivity index (χ4n) is 3.32. The molecule has 2 aromatic carbocycles. The first-order valence-electron chi connectivity index (χ1n) is 9.11. The highest BCUT2D eigenvalue weighted by atomic mass is 16.3. The third kappa shape index (κ3) is 4.65. The largest absolute Gasteiger partial charge is 0.508 e. The number of amides is 2. The van der Waals surface area contributed by atoms with Crippen LogP contribution in [0.4, 0.5) is 5.69 Å². The number of nitrogens with zero attached hydrogens (tertiary/aromatic N) is 2. The maximum atomic E-state index is 12.5. The van der Waals surface area contributed by atoms with Gasteiger partial charge in [-0.15, -0.1) is 0 Å². The fourth-order valence-corrected chi connectivity index (χ4v) is 3.32. The monoisotopic (exact) mass is 367 g/mol. The molecule has 1 aliphatic heterocycles. The third-order valence-corrected chi connectivity index (χ3v) is 4.87. The summed E-state index contributed by atoms with van der Waals surface area (Å²) in [5.74, 6) is -0.0478. The number of rotatable bonds is 4. The molecule has 6 heteroatoms. The molecule has 3 rings (SSSR count). The van der Waals surface area contributed by atoms with Gasteiger partial charge in [0.2, 0.25) is 5.91 Å². The van der Waals surface area contributed by atoms with Crippen molar-refractivity contribution in [3.05, 3.63) is 59.2 Å². The SMILES string of the molecule is Cc1cccc(C)c1NC(=O)CN1CCN(C(=O)c2cccc(O)c2)CC1. The number of phenolic OH excluding ortho intramolecular Hbond substituents is 1. The standard InChI is InChI=1S/C21H25N3O3/c1-15-5-3-6-16(2)20(15)22-19(26)14-23-9-11-24(12-10-23)21(27)17-7-4-8-18(25)13-17/h3-8,13,25H,9-12,14H2,1-2H3,(H,22,26). The zero-order chi connectivity index (χ0) is 19.4. The minimum atomic E-state index is -0.0921. The maximum Gasteiger partial charge on any atom is 0.254 e. The van der Waals surface area contributed by atoms with Crippen molar-refractivity contribution in [2.45, 2.75) is 13.8 Å². The van der Waals surface area contributed by atoms with Crippen LogP contribution in [0.5, 0.6) is 5.75 Å². The minimum Gasteiger partial charge on any atom is -0.508 e. The molecule has 1 saturated heterocycles. The van der Waals surface area contributed by atoms with Crippen molar-refractivity contribution in [1.29, 1.82) is 0 Å². The second-order valence-corrected chi connectivity index (χ2v) is 6.93. The van der Waals surface area contributed by atoms with Crippen molar-refractivity contribution in [3.63, 3.8) is 0 Å². The van der Waals surface area contributed by atoms with Crippen LogP contribution in [-0.2, 0) is 4.79 Å². The van der Waals surface area contributed by atoms with Crippen LogP contribution in [0.25, 0.3) is 0 Å². The van der Waals surface area contributed by atoms with E-state index in [-0.39, 0.29) is 17.6 Å². The lowest BCUT2D eigenvalue weighted by molar-refractivity contribution is -0.117. The lowest BCUT2D eigenvalue weighted by atomic mass is 10.1. The van der Waals surface area contributed by atoms with Crippen LogP contribution in [-0.4, -0.2) is 59.4 Å². The number of aryl methyl sites for hydroxylation is 2. The summed E-state index contributed by atoms with van der Waals surface area (Å²) in [7, 11) is 0. The van der Waals surface area contributed by atoms with E-state index in [1.54, 1.807) is 23.1 Å². The molecular formula is C21H25N3O3. The zero-order valence-corrected chi connectivity index (χ0v) is 15.7. The molecule has 0 bridgehead atoms. The van der Waals surface area contributed by atoms with Crippen molar-refractivity contribution in [2.24, 2.45) is 0 Å². The molecule has 0 aromatic heterocycles. The van der Waals surface area contributed by atoms with Crippen molar-refractivity contribution in [1.82, 2.24) is 9.80 Å². The molecule has 142 valence electrons. The maximum absolute atomic E-state index is 12.5. The molecule has 2 amide bonds. The van der Waals surface area contributed by atoms with Crippen molar-refractivity contribution in [2.75, 3.05) is 38.0 Å². The fraction of sp³-hybridized carbons (Fsp3) is 0.333. The Balaban J connectivity index is 1.52. The van der Waals surface area contributed by atoms with Crippen molar-refractivity contribution < 1.29 is 14.7 Å². The molecule has 1 fully saturated rings. The number of benzene rings is 2. The summed E-state index contributed by atoms with van der Waals surface area (Å²) in [4.78, 5) is 28.7. The highest BCUT2D eigenvalue weighted by Crippen LogP contribution is 2.19. The number of carbonyl (C=O) groups is 2. The summed E-state index contributed by atoms with van der Waals surface area (Å²) >= 11 is 0. The number of phenols is 1. The molecule has 0 atom stereocenters. The molecule has 27 heavy (non-hydrogen) atoms. The zero-order valence-electron chi connectivity index (χ0n) is 15.7. The summed E-state index contributed by atoms with van der Waals surface area (Å²) in [5.41, 5.74) is 3.45. The Kier molecular flexibility index (Phi) is 5.76. The number of hydrogen-bond donors (Lipinski definition) is 2. The molecule has 0 unspecified atom stereocenters. The summed E-state index contributed by atoms with van der Waals surface area (Å²) in [6, 6.07) is 12.3. The number of para-hydroxylation sites is 1. The number of nitrogens with one attached hydrogen (secondary N) is 1. The van der Waals surface area contributed by atoms with E-state index in [1.165, 1.54) is 6.07 Å². The van der Waals surface area contributed by atoms with Crippen LogP contribution < -0.4 is 5.32 Å². The number of carbonyl (C=O) groups excluding carboxylic acids is 2. The van der Waals surface area contributed by atoms with Gasteiger partial charge in [-0.2, -0.15) is 0 Å². The second kappa shape index (κ2) is 8.22. The van der Waals surface area contributed by atoms with E-state index < -0.39 is 0 Å². The molecule has 0 spiro atoms. The predicted molar refractivity (Wildman–Crippen MR) is 105 cm³/mol. The Labute approximate surface area is 159 Å². The van der Waals surface area contributed by atoms with E-state index in [9.17, 15) is 14.7 Å². The molecule has 1 heterocycles. The summed E-state index contributed by atoms with van der Waals surface area (Å²) in [6.07, 6.45) is 0. The lowest BCUT2D eigenvalue weighted by Gasteiger charge is -2.34. The molecule has 0 saturated carbocycles. The average Bonchev–Trinajstić information content (AvgIpc) is 2.65. The summed E-state index contributed by atoms with van der Waals surface area (Å²) in [5, 5.41) is 12.5. The van der Waals surface area contributed by atoms with Gasteiger partial charge >= 0.3 is 0 Å². The Morgan fingerprint density at radius 3 is 2.26 bits per heavy atom. The van der Waals surface area contributed by atoms with Crippen LogP contribution in [0.2, 0.25) is 0 Å². The highest BCUT2D eigenvalue weighted by molar-refractivity contribution is 5.95. The second-order valence-electron chi connectivity index (χ2n) is 6.93. The number of anilines is 1. The van der Waals surface area contributed by atoms with E-state index in [0.717, 1.165) is 16.8 Å². The van der Waals surface area contributed by atoms with Gasteiger partial charge in [-0.25, -0.2) is 0 Å². The third-order valence-electron chi connectivity index (χ3n) is 4.87. The van der Waals surface area contributed by atoms with E-state index in [1.807, 2.05) is 32.0 Å². The Morgan fingerprint density at radius 2 is 1.63 bits per heavy atom. The molecule has 1 aliphatic rings. The summed E-state index contributed by atoms with van der Waals surface area (Å²) < 4.78 is 0. The van der Waals surface area contributed by atoms with Gasteiger partial charge in [-0.05, 0) is 43.2 Å². The van der Waals surface area contributed by atoms with E-state index in [2.05, 4.69) is 10.2 Å². The van der Waals surface area contributed by atoms with E-state index in [0.29, 0.717) is 38.3 Å². The van der Waals surface area contributed by atoms with Crippen molar-refractivity contribution >= 4 is 17.5 Å². The van der Waals surface area contributed by atoms with Gasteiger partial charge in [0.05, 0.1) is 6.54 Å². The lowest BCUT2D eigenvalue weighted by Crippen LogP contribution is -2.50. The Bertz CT molecular complexity index is 822. The normalized spacial score (nSPS) is 14.8. The molecule has 2 N–H and O–H groups in total. The molecule has 0 aliphatic carbocycles. The van der Waals surface area contributed by atoms with Gasteiger partial charge in [0, 0.05) is 37.4 Å². The van der Waals surface area contributed by atoms with Crippen LogP contribution in [0.15, 0.2) is 42.5 Å². The molecule has 2 aromatic rings. The van der Waals surface area contributed by atoms with Crippen LogP contribution in [0.3, 0.4) is 0 Å². The number of hydrogen-bond acceptors (Lipinski definition) is 4. The van der Waals surface area contributed by atoms with Gasteiger partial charge in [0.15, 0.2) is 0 Å². The Hall–Kier alpha value is -2.86. The van der Waals surface area contributed by atoms with Gasteiger partial charge in [-0.3, -0.25) is 14.5 Å². The minimum absolute atomic E-state index is 0.0415. The van der Waals surface area contributed by atoms with Gasteiger partial charge < -0.3 is 15.3 Å². The van der Waals surface area contributed by atoms with Crippen molar-refractivity contribution in [3.8, 4) is 5.75 Å². The van der Waals surface area contributed by atoms with Gasteiger partial charge in [0.1, 0.15) is 5.75 Å². The molecular weight excluding hydrogens is 342 g/mol. The van der Waals surface area contributed by atoms with E-state index in [4.69, 9.17) is 0 Å². The first-order valence-corrected chi connectivity index (χ1v) is 9.11. The van der Waals surface area contributed by atoms with Crippen LogP contribution >= 0.6 is 0 Å². The average molecular weight is 367 g/mol. The van der Waals surface area contributed by atoms with E-state index >= 15 is 0 Å². The number of piperazine rings is 1. The van der Waals surface area contributed by atoms with Crippen LogP contribution in [0, 0.1) is 13.8 Å². The molecule has 0 radical (unpaired) electrons. The smallest absolute Gasteiger partial charge is 0.254 e. The number of aromatic hydroxyl groups is 1. The predicted octanol–water partition coefficient (Wildman–Crippen LogP) is 2.41. The topological polar surface area (TPSA) is 72.9 Å². The van der Waals surface area contributed by atoms with Crippen LogP contribution in [0.1, 0.15) is 21.5 Å². The first-order chi connectivity index (χ1) is 12.9. The Morgan fingerprint density at radius 1 is 1.00 bits per heavy atom. The van der Waals surface area contributed by atoms with Gasteiger partial charge in [0.25, 0.3) is 5.91 Å². The quantitative estimate of drug-likeness (QED) is 0.870. The van der Waals surface area contributed by atoms with Gasteiger partial charge in [-0.1, -0.05) is 24.3 Å².